The lowest BCUT2D eigenvalue weighted by atomic mass is 9.96. The summed E-state index contributed by atoms with van der Waals surface area (Å²) in [5.74, 6) is 1.66. The van der Waals surface area contributed by atoms with Crippen LogP contribution in [0.2, 0.25) is 0 Å². The number of hydrogen-bond acceptors (Lipinski definition) is 4. The molecule has 0 radical (unpaired) electrons. The molecule has 6 nitrogen and oxygen atoms in total. The van der Waals surface area contributed by atoms with E-state index in [9.17, 15) is 0 Å². The van der Waals surface area contributed by atoms with Crippen molar-refractivity contribution in [3.8, 4) is 67.8 Å². The van der Waals surface area contributed by atoms with Crippen LogP contribution < -0.4 is 0 Å². The molecule has 15 aromatic rings. The van der Waals surface area contributed by atoms with E-state index in [0.29, 0.717) is 17.6 Å². The van der Waals surface area contributed by atoms with Gasteiger partial charge in [-0.3, -0.25) is 4.57 Å². The maximum atomic E-state index is 7.01. The average molecular weight is 932 g/mol. The van der Waals surface area contributed by atoms with Crippen molar-refractivity contribution < 1.29 is 4.42 Å². The van der Waals surface area contributed by atoms with E-state index >= 15 is 0 Å². The third-order valence-electron chi connectivity index (χ3n) is 14.6. The Morgan fingerprint density at radius 3 is 1.44 bits per heavy atom. The Labute approximate surface area is 419 Å². The van der Waals surface area contributed by atoms with Crippen LogP contribution in [0.1, 0.15) is 0 Å². The fourth-order valence-corrected chi connectivity index (χ4v) is 11.1. The van der Waals surface area contributed by atoms with Gasteiger partial charge in [0.1, 0.15) is 11.2 Å². The van der Waals surface area contributed by atoms with Crippen LogP contribution in [-0.2, 0) is 0 Å². The topological polar surface area (TPSA) is 61.7 Å². The second-order valence-corrected chi connectivity index (χ2v) is 18.8. The highest BCUT2D eigenvalue weighted by Gasteiger charge is 2.24. The number of para-hydroxylation sites is 3. The monoisotopic (exact) mass is 931 g/mol. The molecule has 0 bridgehead atoms. The highest BCUT2D eigenvalue weighted by Crippen LogP contribution is 2.44. The van der Waals surface area contributed by atoms with Crippen molar-refractivity contribution in [2.75, 3.05) is 0 Å². The molecule has 0 atom stereocenters. The Balaban J connectivity index is 0.990. The van der Waals surface area contributed by atoms with E-state index in [4.69, 9.17) is 19.4 Å². The van der Waals surface area contributed by atoms with Gasteiger partial charge in [0.15, 0.2) is 11.6 Å². The van der Waals surface area contributed by atoms with Crippen LogP contribution in [0.5, 0.6) is 0 Å². The van der Waals surface area contributed by atoms with Crippen LogP contribution in [0.15, 0.2) is 253 Å². The van der Waals surface area contributed by atoms with Gasteiger partial charge in [-0.05, 0) is 81.1 Å². The quantitative estimate of drug-likeness (QED) is 0.160. The molecular weight excluding hydrogens is 891 g/mol. The van der Waals surface area contributed by atoms with Crippen LogP contribution in [0.4, 0.5) is 0 Å². The number of hydrogen-bond donors (Lipinski definition) is 0. The van der Waals surface area contributed by atoms with E-state index in [1.807, 2.05) is 12.1 Å². The van der Waals surface area contributed by atoms with Crippen molar-refractivity contribution in [2.24, 2.45) is 0 Å². The van der Waals surface area contributed by atoms with Gasteiger partial charge in [0.2, 0.25) is 5.95 Å². The summed E-state index contributed by atoms with van der Waals surface area (Å²) in [6.45, 7) is 0. The van der Waals surface area contributed by atoms with Crippen molar-refractivity contribution >= 4 is 76.3 Å². The van der Waals surface area contributed by atoms with E-state index in [-0.39, 0.29) is 0 Å². The van der Waals surface area contributed by atoms with Crippen LogP contribution in [0.3, 0.4) is 0 Å². The lowest BCUT2D eigenvalue weighted by Gasteiger charge is -2.15. The summed E-state index contributed by atoms with van der Waals surface area (Å²) in [6, 6.07) is 88.2. The molecule has 0 unspecified atom stereocenters. The third-order valence-corrected chi connectivity index (χ3v) is 14.6. The second kappa shape index (κ2) is 16.3. The van der Waals surface area contributed by atoms with Crippen LogP contribution in [-0.4, -0.2) is 24.1 Å². The van der Waals surface area contributed by atoms with Gasteiger partial charge in [0.25, 0.3) is 0 Å². The van der Waals surface area contributed by atoms with Gasteiger partial charge >= 0.3 is 0 Å². The van der Waals surface area contributed by atoms with E-state index < -0.39 is 0 Å². The number of benzene rings is 11. The molecule has 0 amide bonds. The first-order chi connectivity index (χ1) is 36.2. The van der Waals surface area contributed by atoms with Crippen molar-refractivity contribution in [3.63, 3.8) is 0 Å². The highest BCUT2D eigenvalue weighted by molar-refractivity contribution is 6.17. The first-order valence-electron chi connectivity index (χ1n) is 24.7. The fourth-order valence-electron chi connectivity index (χ4n) is 11.1. The number of rotatable bonds is 7. The Kier molecular flexibility index (Phi) is 9.16. The lowest BCUT2D eigenvalue weighted by Crippen LogP contribution is -2.06. The molecule has 73 heavy (non-hydrogen) atoms. The minimum atomic E-state index is 0.537. The molecule has 0 fully saturated rings. The summed E-state index contributed by atoms with van der Waals surface area (Å²) in [4.78, 5) is 16.1. The number of fused-ring (bicyclic) bond motifs is 10. The molecule has 4 heterocycles. The SMILES string of the molecule is c1ccc(-c2ccc(-c3nc(-c4cccc5oc6cc(-n7c8ccccc8c8cc9ccccc9cc87)c(-c7ccc(-c8ccccc8)cc7)cc6c45)nc(-n4c5ccccc5c5ccccc54)n3)cc2)cc1. The van der Waals surface area contributed by atoms with Gasteiger partial charge in [-0.15, -0.1) is 0 Å². The van der Waals surface area contributed by atoms with Gasteiger partial charge in [0.05, 0.1) is 27.8 Å². The summed E-state index contributed by atoms with van der Waals surface area (Å²) in [5, 5.41) is 8.96. The van der Waals surface area contributed by atoms with Gasteiger partial charge in [0, 0.05) is 55.1 Å². The number of nitrogens with zero attached hydrogens (tertiary/aromatic N) is 5. The van der Waals surface area contributed by atoms with E-state index in [1.165, 1.54) is 27.1 Å². The standard InChI is InChI=1S/C67H41N5O/c1-3-16-42(17-4-1)44-30-34-46(35-31-44)54-40-56-63(41-61(54)71-57-26-12-11-24-52(57)55-38-48-20-7-8-21-49(48)39-60(55)71)73-62-29-15-25-53(64(56)62)66-68-65(47-36-32-45(33-37-47)43-18-5-2-6-19-43)69-67(70-66)72-58-27-13-9-22-50(58)51-23-10-14-28-59(51)72/h1-41H. The largest absolute Gasteiger partial charge is 0.456 e. The summed E-state index contributed by atoms with van der Waals surface area (Å²) in [7, 11) is 0. The highest BCUT2D eigenvalue weighted by atomic mass is 16.3. The molecule has 0 saturated carbocycles. The smallest absolute Gasteiger partial charge is 0.238 e. The molecule has 340 valence electrons. The van der Waals surface area contributed by atoms with Gasteiger partial charge < -0.3 is 8.98 Å². The van der Waals surface area contributed by atoms with E-state index in [0.717, 1.165) is 99.4 Å². The molecule has 0 spiro atoms. The van der Waals surface area contributed by atoms with E-state index in [1.54, 1.807) is 0 Å². The Bertz CT molecular complexity index is 4590. The lowest BCUT2D eigenvalue weighted by molar-refractivity contribution is 0.668. The maximum absolute atomic E-state index is 7.01. The van der Waals surface area contributed by atoms with Crippen molar-refractivity contribution in [2.45, 2.75) is 0 Å². The first kappa shape index (κ1) is 40.9. The molecule has 6 heteroatoms. The molecule has 0 aliphatic heterocycles. The zero-order valence-corrected chi connectivity index (χ0v) is 39.3. The Hall–Kier alpha value is -9.91. The number of aromatic nitrogens is 5. The maximum Gasteiger partial charge on any atom is 0.238 e. The average Bonchev–Trinajstić information content (AvgIpc) is 4.11. The molecule has 11 aromatic carbocycles. The number of furan rings is 1. The van der Waals surface area contributed by atoms with Crippen LogP contribution >= 0.6 is 0 Å². The predicted octanol–water partition coefficient (Wildman–Crippen LogP) is 17.5. The molecule has 0 aliphatic rings. The molecule has 0 N–H and O–H groups in total. The fraction of sp³-hybridized carbons (Fsp3) is 0. The zero-order chi connectivity index (χ0) is 48.0. The van der Waals surface area contributed by atoms with Crippen molar-refractivity contribution in [1.82, 2.24) is 24.1 Å². The third kappa shape index (κ3) is 6.62. The van der Waals surface area contributed by atoms with Gasteiger partial charge in [-0.2, -0.15) is 9.97 Å². The summed E-state index contributed by atoms with van der Waals surface area (Å²) in [6.07, 6.45) is 0. The minimum absolute atomic E-state index is 0.537. The molecule has 0 saturated heterocycles. The molecular formula is C67H41N5O. The molecule has 0 aliphatic carbocycles. The first-order valence-corrected chi connectivity index (χ1v) is 24.7. The van der Waals surface area contributed by atoms with Crippen LogP contribution in [0, 0.1) is 0 Å². The van der Waals surface area contributed by atoms with E-state index in [2.05, 4.69) is 246 Å². The summed E-state index contributed by atoms with van der Waals surface area (Å²) < 4.78 is 11.6. The Morgan fingerprint density at radius 1 is 0.288 bits per heavy atom. The zero-order valence-electron chi connectivity index (χ0n) is 39.3. The molecule has 15 rings (SSSR count). The second-order valence-electron chi connectivity index (χ2n) is 18.8. The normalized spacial score (nSPS) is 11.8. The van der Waals surface area contributed by atoms with Crippen molar-refractivity contribution in [1.29, 1.82) is 0 Å². The summed E-state index contributed by atoms with van der Waals surface area (Å²) in [5.41, 5.74) is 15.3. The van der Waals surface area contributed by atoms with Gasteiger partial charge in [-0.25, -0.2) is 4.98 Å². The van der Waals surface area contributed by atoms with Gasteiger partial charge in [-0.1, -0.05) is 200 Å². The van der Waals surface area contributed by atoms with Crippen LogP contribution in [0.25, 0.3) is 144 Å². The van der Waals surface area contributed by atoms with Crippen molar-refractivity contribution in [3.05, 3.63) is 249 Å². The predicted molar refractivity (Wildman–Crippen MR) is 300 cm³/mol. The Morgan fingerprint density at radius 2 is 0.795 bits per heavy atom. The summed E-state index contributed by atoms with van der Waals surface area (Å²) >= 11 is 0. The minimum Gasteiger partial charge on any atom is -0.456 e. The molecule has 4 aromatic heterocycles.